The Bertz CT molecular complexity index is 913. The number of alkyl carbamates (subject to hydrolysis) is 1. The SMILES string of the molecule is CCC[C@@H](NC(=O)OCC1c2ccccc2-c2ccccc21)C(=O)NCCCCC(=O)O. The highest BCUT2D eigenvalue weighted by atomic mass is 16.5. The van der Waals surface area contributed by atoms with E-state index in [1.165, 1.54) is 0 Å². The predicted molar refractivity (Wildman–Crippen MR) is 121 cm³/mol. The minimum Gasteiger partial charge on any atom is -0.481 e. The lowest BCUT2D eigenvalue weighted by Crippen LogP contribution is -2.47. The van der Waals surface area contributed by atoms with Gasteiger partial charge in [0.25, 0.3) is 0 Å². The summed E-state index contributed by atoms with van der Waals surface area (Å²) in [4.78, 5) is 35.5. The molecular formula is C25H30N2O5. The second-order valence-corrected chi connectivity index (χ2v) is 7.95. The number of fused-ring (bicyclic) bond motifs is 3. The number of ether oxygens (including phenoxy) is 1. The van der Waals surface area contributed by atoms with Crippen molar-refractivity contribution in [3.8, 4) is 11.1 Å². The van der Waals surface area contributed by atoms with Crippen molar-refractivity contribution in [1.82, 2.24) is 10.6 Å². The van der Waals surface area contributed by atoms with E-state index in [2.05, 4.69) is 34.9 Å². The molecule has 1 aliphatic rings. The van der Waals surface area contributed by atoms with Gasteiger partial charge in [0.05, 0.1) is 0 Å². The van der Waals surface area contributed by atoms with E-state index in [4.69, 9.17) is 9.84 Å². The molecule has 1 aliphatic carbocycles. The number of carboxylic acid groups (broad SMARTS) is 1. The minimum absolute atomic E-state index is 0.0409. The Labute approximate surface area is 188 Å². The van der Waals surface area contributed by atoms with E-state index in [9.17, 15) is 14.4 Å². The summed E-state index contributed by atoms with van der Waals surface area (Å²) >= 11 is 0. The maximum atomic E-state index is 12.5. The largest absolute Gasteiger partial charge is 0.481 e. The number of aliphatic carboxylic acids is 1. The molecule has 0 unspecified atom stereocenters. The summed E-state index contributed by atoms with van der Waals surface area (Å²) in [5.74, 6) is -1.17. The van der Waals surface area contributed by atoms with Gasteiger partial charge in [-0.2, -0.15) is 0 Å². The number of nitrogens with one attached hydrogen (secondary N) is 2. The number of hydrogen-bond donors (Lipinski definition) is 3. The lowest BCUT2D eigenvalue weighted by molar-refractivity contribution is -0.137. The Hall–Kier alpha value is -3.35. The van der Waals surface area contributed by atoms with E-state index >= 15 is 0 Å². The third-order valence-corrected chi connectivity index (χ3v) is 5.65. The van der Waals surface area contributed by atoms with Crippen LogP contribution in [0.1, 0.15) is 56.1 Å². The zero-order chi connectivity index (χ0) is 22.9. The second-order valence-electron chi connectivity index (χ2n) is 7.95. The molecule has 170 valence electrons. The first-order valence-electron chi connectivity index (χ1n) is 11.1. The van der Waals surface area contributed by atoms with Crippen LogP contribution in [-0.2, 0) is 14.3 Å². The van der Waals surface area contributed by atoms with Gasteiger partial charge in [-0.05, 0) is 41.5 Å². The molecule has 2 aromatic carbocycles. The Kier molecular flexibility index (Phi) is 8.25. The van der Waals surface area contributed by atoms with E-state index in [1.807, 2.05) is 31.2 Å². The van der Waals surface area contributed by atoms with Crippen LogP contribution in [0.2, 0.25) is 0 Å². The Morgan fingerprint density at radius 1 is 1.00 bits per heavy atom. The summed E-state index contributed by atoms with van der Waals surface area (Å²) < 4.78 is 5.54. The first kappa shape index (κ1) is 23.3. The fraction of sp³-hybridized carbons (Fsp3) is 0.400. The molecule has 0 aliphatic heterocycles. The van der Waals surface area contributed by atoms with Crippen molar-refractivity contribution in [3.05, 3.63) is 59.7 Å². The molecule has 3 N–H and O–H groups in total. The fourth-order valence-electron chi connectivity index (χ4n) is 4.08. The zero-order valence-corrected chi connectivity index (χ0v) is 18.3. The zero-order valence-electron chi connectivity index (χ0n) is 18.3. The van der Waals surface area contributed by atoms with Gasteiger partial charge < -0.3 is 20.5 Å². The van der Waals surface area contributed by atoms with E-state index in [0.29, 0.717) is 25.8 Å². The topological polar surface area (TPSA) is 105 Å². The number of unbranched alkanes of at least 4 members (excludes halogenated alkanes) is 1. The number of hydrogen-bond acceptors (Lipinski definition) is 4. The van der Waals surface area contributed by atoms with Crippen LogP contribution in [0.5, 0.6) is 0 Å². The number of carboxylic acids is 1. The first-order chi connectivity index (χ1) is 15.5. The van der Waals surface area contributed by atoms with Crippen molar-refractivity contribution < 1.29 is 24.2 Å². The Morgan fingerprint density at radius 2 is 1.62 bits per heavy atom. The van der Waals surface area contributed by atoms with Gasteiger partial charge in [0.1, 0.15) is 12.6 Å². The summed E-state index contributed by atoms with van der Waals surface area (Å²) in [5.41, 5.74) is 4.57. The van der Waals surface area contributed by atoms with E-state index in [1.54, 1.807) is 0 Å². The monoisotopic (exact) mass is 438 g/mol. The molecule has 0 radical (unpaired) electrons. The van der Waals surface area contributed by atoms with Crippen molar-refractivity contribution in [2.45, 2.75) is 51.0 Å². The second kappa shape index (κ2) is 11.3. The van der Waals surface area contributed by atoms with Crippen LogP contribution < -0.4 is 10.6 Å². The van der Waals surface area contributed by atoms with E-state index in [-0.39, 0.29) is 24.9 Å². The summed E-state index contributed by atoms with van der Waals surface area (Å²) in [5, 5.41) is 14.1. The van der Waals surface area contributed by atoms with Crippen molar-refractivity contribution in [2.24, 2.45) is 0 Å². The van der Waals surface area contributed by atoms with Crippen LogP contribution in [-0.4, -0.2) is 42.3 Å². The quantitative estimate of drug-likeness (QED) is 0.459. The molecule has 0 bridgehead atoms. The van der Waals surface area contributed by atoms with Crippen molar-refractivity contribution in [1.29, 1.82) is 0 Å². The van der Waals surface area contributed by atoms with Gasteiger partial charge in [0.2, 0.25) is 5.91 Å². The Morgan fingerprint density at radius 3 is 2.22 bits per heavy atom. The number of carbonyl (C=O) groups is 3. The van der Waals surface area contributed by atoms with Crippen LogP contribution >= 0.6 is 0 Å². The average molecular weight is 439 g/mol. The van der Waals surface area contributed by atoms with Crippen LogP contribution in [0, 0.1) is 0 Å². The third kappa shape index (κ3) is 5.87. The van der Waals surface area contributed by atoms with Crippen molar-refractivity contribution in [2.75, 3.05) is 13.2 Å². The molecule has 32 heavy (non-hydrogen) atoms. The third-order valence-electron chi connectivity index (χ3n) is 5.65. The molecule has 0 spiro atoms. The highest BCUT2D eigenvalue weighted by Crippen LogP contribution is 2.44. The molecular weight excluding hydrogens is 408 g/mol. The molecule has 0 saturated heterocycles. The average Bonchev–Trinajstić information content (AvgIpc) is 3.10. The molecule has 3 rings (SSSR count). The Balaban J connectivity index is 1.53. The first-order valence-corrected chi connectivity index (χ1v) is 11.1. The highest BCUT2D eigenvalue weighted by molar-refractivity contribution is 5.85. The van der Waals surface area contributed by atoms with Crippen LogP contribution in [0.15, 0.2) is 48.5 Å². The number of amides is 2. The molecule has 0 fully saturated rings. The highest BCUT2D eigenvalue weighted by Gasteiger charge is 2.29. The van der Waals surface area contributed by atoms with Crippen LogP contribution in [0.3, 0.4) is 0 Å². The van der Waals surface area contributed by atoms with Gasteiger partial charge in [0, 0.05) is 18.9 Å². The molecule has 7 nitrogen and oxygen atoms in total. The van der Waals surface area contributed by atoms with E-state index in [0.717, 1.165) is 28.7 Å². The number of benzene rings is 2. The minimum atomic E-state index is -0.850. The van der Waals surface area contributed by atoms with Gasteiger partial charge in [-0.15, -0.1) is 0 Å². The molecule has 0 aromatic heterocycles. The normalized spacial score (nSPS) is 13.0. The number of rotatable bonds is 11. The lowest BCUT2D eigenvalue weighted by atomic mass is 9.98. The lowest BCUT2D eigenvalue weighted by Gasteiger charge is -2.19. The van der Waals surface area contributed by atoms with Crippen LogP contribution in [0.4, 0.5) is 4.79 Å². The van der Waals surface area contributed by atoms with Gasteiger partial charge in [0.15, 0.2) is 0 Å². The maximum absolute atomic E-state index is 12.5. The van der Waals surface area contributed by atoms with Crippen molar-refractivity contribution in [3.63, 3.8) is 0 Å². The summed E-state index contributed by atoms with van der Waals surface area (Å²) in [6, 6.07) is 15.5. The molecule has 2 aromatic rings. The van der Waals surface area contributed by atoms with E-state index < -0.39 is 18.1 Å². The molecule has 0 heterocycles. The fourth-order valence-corrected chi connectivity index (χ4v) is 4.08. The molecule has 1 atom stereocenters. The maximum Gasteiger partial charge on any atom is 0.407 e. The van der Waals surface area contributed by atoms with Gasteiger partial charge in [-0.3, -0.25) is 9.59 Å². The van der Waals surface area contributed by atoms with Crippen molar-refractivity contribution >= 4 is 18.0 Å². The van der Waals surface area contributed by atoms with Crippen LogP contribution in [0.25, 0.3) is 11.1 Å². The summed E-state index contributed by atoms with van der Waals surface area (Å²) in [6.07, 6.45) is 1.74. The molecule has 7 heteroatoms. The summed E-state index contributed by atoms with van der Waals surface area (Å²) in [6.45, 7) is 2.50. The number of carbonyl (C=O) groups excluding carboxylic acids is 2. The molecule has 0 saturated carbocycles. The standard InChI is InChI=1S/C25H30N2O5/c1-2-9-22(24(30)26-15-8-7-14-23(28)29)27-25(31)32-16-21-19-12-5-3-10-17(19)18-11-4-6-13-20(18)21/h3-6,10-13,21-22H,2,7-9,14-16H2,1H3,(H,26,30)(H,27,31)(H,28,29)/t22-/m1/s1. The predicted octanol–water partition coefficient (Wildman–Crippen LogP) is 4.06. The van der Waals surface area contributed by atoms with Gasteiger partial charge in [-0.1, -0.05) is 61.9 Å². The molecule has 2 amide bonds. The smallest absolute Gasteiger partial charge is 0.407 e. The van der Waals surface area contributed by atoms with Gasteiger partial charge in [-0.25, -0.2) is 4.79 Å². The van der Waals surface area contributed by atoms with Gasteiger partial charge >= 0.3 is 12.1 Å². The summed E-state index contributed by atoms with van der Waals surface area (Å²) in [7, 11) is 0.